The third kappa shape index (κ3) is 2.35. The van der Waals surface area contributed by atoms with Crippen LogP contribution >= 0.6 is 0 Å². The number of aliphatic hydroxyl groups excluding tert-OH is 1. The molecule has 0 unspecified atom stereocenters. The van der Waals surface area contributed by atoms with Crippen LogP contribution in [0.3, 0.4) is 0 Å². The van der Waals surface area contributed by atoms with Gasteiger partial charge in [0.15, 0.2) is 6.10 Å². The largest absolute Gasteiger partial charge is 0.479 e. The summed E-state index contributed by atoms with van der Waals surface area (Å²) in [6.07, 6.45) is -1.22. The second-order valence-electron chi connectivity index (χ2n) is 2.89. The maximum Gasteiger partial charge on any atom is 0.332 e. The average molecular weight is 146 g/mol. The molecule has 60 valence electrons. The number of carbonyl (C=O) groups is 1. The smallest absolute Gasteiger partial charge is 0.332 e. The van der Waals surface area contributed by atoms with Gasteiger partial charge in [0.05, 0.1) is 0 Å². The van der Waals surface area contributed by atoms with Crippen LogP contribution in [0.15, 0.2) is 0 Å². The van der Waals surface area contributed by atoms with E-state index in [-0.39, 0.29) is 11.8 Å². The van der Waals surface area contributed by atoms with Crippen LogP contribution in [0.25, 0.3) is 0 Å². The van der Waals surface area contributed by atoms with Gasteiger partial charge in [0.2, 0.25) is 0 Å². The van der Waals surface area contributed by atoms with Gasteiger partial charge in [-0.25, -0.2) is 4.79 Å². The van der Waals surface area contributed by atoms with E-state index in [0.29, 0.717) is 0 Å². The van der Waals surface area contributed by atoms with Crippen LogP contribution in [-0.4, -0.2) is 22.3 Å². The zero-order chi connectivity index (χ0) is 8.31. The molecule has 0 amide bonds. The Morgan fingerprint density at radius 1 is 1.30 bits per heavy atom. The van der Waals surface area contributed by atoms with E-state index in [2.05, 4.69) is 0 Å². The van der Waals surface area contributed by atoms with Crippen LogP contribution in [0.5, 0.6) is 0 Å². The maximum atomic E-state index is 10.2. The van der Waals surface area contributed by atoms with Crippen LogP contribution in [-0.2, 0) is 4.79 Å². The van der Waals surface area contributed by atoms with Crippen LogP contribution in [0.2, 0.25) is 0 Å². The summed E-state index contributed by atoms with van der Waals surface area (Å²) in [5.74, 6) is -1.12. The molecule has 0 spiro atoms. The highest BCUT2D eigenvalue weighted by Gasteiger charge is 2.23. The first-order valence-corrected chi connectivity index (χ1v) is 3.37. The molecule has 2 N–H and O–H groups in total. The van der Waals surface area contributed by atoms with Gasteiger partial charge in [-0.2, -0.15) is 0 Å². The Labute approximate surface area is 60.7 Å². The number of aliphatic hydroxyl groups is 1. The van der Waals surface area contributed by atoms with E-state index in [1.807, 2.05) is 13.8 Å². The predicted molar refractivity (Wildman–Crippen MR) is 37.6 cm³/mol. The quantitative estimate of drug-likeness (QED) is 0.617. The summed E-state index contributed by atoms with van der Waals surface area (Å²) in [6.45, 7) is 5.50. The molecule has 0 aliphatic rings. The normalized spacial score (nSPS) is 16.9. The molecule has 0 fully saturated rings. The van der Waals surface area contributed by atoms with Gasteiger partial charge in [0.1, 0.15) is 0 Å². The fraction of sp³-hybridized carbons (Fsp3) is 0.857. The minimum Gasteiger partial charge on any atom is -0.479 e. The molecule has 3 nitrogen and oxygen atoms in total. The summed E-state index contributed by atoms with van der Waals surface area (Å²) in [4.78, 5) is 10.2. The van der Waals surface area contributed by atoms with Crippen molar-refractivity contribution in [1.82, 2.24) is 0 Å². The van der Waals surface area contributed by atoms with Crippen molar-refractivity contribution in [3.05, 3.63) is 0 Å². The number of aliphatic carboxylic acids is 1. The molecule has 0 aromatic heterocycles. The summed E-state index contributed by atoms with van der Waals surface area (Å²) in [5.41, 5.74) is 0. The highest BCUT2D eigenvalue weighted by Crippen LogP contribution is 2.13. The molecule has 0 radical (unpaired) electrons. The van der Waals surface area contributed by atoms with Gasteiger partial charge in [0.25, 0.3) is 0 Å². The third-order valence-corrected chi connectivity index (χ3v) is 1.80. The van der Waals surface area contributed by atoms with Crippen molar-refractivity contribution in [2.45, 2.75) is 26.9 Å². The van der Waals surface area contributed by atoms with Gasteiger partial charge < -0.3 is 10.2 Å². The van der Waals surface area contributed by atoms with Crippen LogP contribution in [0.4, 0.5) is 0 Å². The fourth-order valence-electron chi connectivity index (χ4n) is 0.589. The number of carboxylic acids is 1. The second-order valence-corrected chi connectivity index (χ2v) is 2.89. The number of hydrogen-bond acceptors (Lipinski definition) is 2. The summed E-state index contributed by atoms with van der Waals surface area (Å²) in [6, 6.07) is 0. The van der Waals surface area contributed by atoms with Gasteiger partial charge in [0, 0.05) is 0 Å². The molecule has 0 saturated carbocycles. The van der Waals surface area contributed by atoms with Crippen LogP contribution in [0, 0.1) is 11.8 Å². The lowest BCUT2D eigenvalue weighted by Gasteiger charge is -2.17. The number of hydrogen-bond donors (Lipinski definition) is 2. The molecule has 0 bridgehead atoms. The van der Waals surface area contributed by atoms with Gasteiger partial charge in [-0.15, -0.1) is 0 Å². The van der Waals surface area contributed by atoms with Crippen molar-refractivity contribution in [1.29, 1.82) is 0 Å². The van der Waals surface area contributed by atoms with Gasteiger partial charge in [-0.1, -0.05) is 20.8 Å². The molecule has 10 heavy (non-hydrogen) atoms. The van der Waals surface area contributed by atoms with Crippen LogP contribution < -0.4 is 0 Å². The summed E-state index contributed by atoms with van der Waals surface area (Å²) in [5, 5.41) is 17.3. The predicted octanol–water partition coefficient (Wildman–Crippen LogP) is 0.724. The third-order valence-electron chi connectivity index (χ3n) is 1.80. The van der Waals surface area contributed by atoms with Crippen molar-refractivity contribution >= 4 is 5.97 Å². The van der Waals surface area contributed by atoms with Gasteiger partial charge in [-0.05, 0) is 11.8 Å². The summed E-state index contributed by atoms with van der Waals surface area (Å²) < 4.78 is 0. The van der Waals surface area contributed by atoms with Crippen molar-refractivity contribution in [2.75, 3.05) is 0 Å². The molecular formula is C7H14O3. The molecule has 0 rings (SSSR count). The molecule has 0 aliphatic carbocycles. The first-order valence-electron chi connectivity index (χ1n) is 3.37. The Kier molecular flexibility index (Phi) is 3.36. The van der Waals surface area contributed by atoms with Gasteiger partial charge in [-0.3, -0.25) is 0 Å². The Hall–Kier alpha value is -0.570. The first kappa shape index (κ1) is 9.43. The Morgan fingerprint density at radius 2 is 1.70 bits per heavy atom. The zero-order valence-corrected chi connectivity index (χ0v) is 6.53. The summed E-state index contributed by atoms with van der Waals surface area (Å²) >= 11 is 0. The molecule has 0 aromatic carbocycles. The van der Waals surface area contributed by atoms with E-state index in [9.17, 15) is 4.79 Å². The first-order chi connectivity index (χ1) is 4.46. The Balaban J connectivity index is 3.94. The molecule has 0 heterocycles. The second kappa shape index (κ2) is 3.56. The molecule has 2 atom stereocenters. The monoisotopic (exact) mass is 146 g/mol. The van der Waals surface area contributed by atoms with E-state index in [0.717, 1.165) is 0 Å². The minimum atomic E-state index is -1.22. The van der Waals surface area contributed by atoms with Crippen molar-refractivity contribution in [3.63, 3.8) is 0 Å². The highest BCUT2D eigenvalue weighted by atomic mass is 16.4. The van der Waals surface area contributed by atoms with Crippen molar-refractivity contribution < 1.29 is 15.0 Å². The van der Waals surface area contributed by atoms with E-state index < -0.39 is 12.1 Å². The standard InChI is InChI=1S/C7H14O3/c1-4(2)5(3)6(8)7(9)10/h4-6,8H,1-3H3,(H,9,10)/t5-,6-/m1/s1. The minimum absolute atomic E-state index is 0.183. The number of carboxylic acid groups (broad SMARTS) is 1. The lowest BCUT2D eigenvalue weighted by atomic mass is 9.92. The van der Waals surface area contributed by atoms with E-state index in [4.69, 9.17) is 10.2 Å². The average Bonchev–Trinajstić information content (AvgIpc) is 1.84. The van der Waals surface area contributed by atoms with Crippen LogP contribution in [0.1, 0.15) is 20.8 Å². The van der Waals surface area contributed by atoms with Gasteiger partial charge >= 0.3 is 5.97 Å². The SMILES string of the molecule is CC(C)[C@@H](C)[C@@H](O)C(=O)O. The molecule has 3 heteroatoms. The molecule has 0 saturated heterocycles. The van der Waals surface area contributed by atoms with Crippen molar-refractivity contribution in [3.8, 4) is 0 Å². The Morgan fingerprint density at radius 3 is 1.80 bits per heavy atom. The molecule has 0 aromatic rings. The lowest BCUT2D eigenvalue weighted by molar-refractivity contribution is -0.150. The zero-order valence-electron chi connectivity index (χ0n) is 6.53. The number of rotatable bonds is 3. The van der Waals surface area contributed by atoms with Crippen molar-refractivity contribution in [2.24, 2.45) is 11.8 Å². The maximum absolute atomic E-state index is 10.2. The van der Waals surface area contributed by atoms with E-state index in [1.54, 1.807) is 6.92 Å². The lowest BCUT2D eigenvalue weighted by Crippen LogP contribution is -2.30. The molecular weight excluding hydrogens is 132 g/mol. The Bertz CT molecular complexity index is 120. The fourth-order valence-corrected chi connectivity index (χ4v) is 0.589. The van der Waals surface area contributed by atoms with E-state index in [1.165, 1.54) is 0 Å². The highest BCUT2D eigenvalue weighted by molar-refractivity contribution is 5.72. The topological polar surface area (TPSA) is 57.5 Å². The van der Waals surface area contributed by atoms with E-state index >= 15 is 0 Å². The molecule has 0 aliphatic heterocycles. The summed E-state index contributed by atoms with van der Waals surface area (Å²) in [7, 11) is 0.